The Bertz CT molecular complexity index is 706. The molecule has 2 rings (SSSR count). The minimum Gasteiger partial charge on any atom is -0.506 e. The van der Waals surface area contributed by atoms with Gasteiger partial charge in [0.15, 0.2) is 0 Å². The lowest BCUT2D eigenvalue weighted by Gasteiger charge is -2.08. The molecule has 2 aromatic rings. The molecule has 0 fully saturated rings. The summed E-state index contributed by atoms with van der Waals surface area (Å²) in [6.45, 7) is 1.88. The van der Waals surface area contributed by atoms with E-state index in [2.05, 4.69) is 10.4 Å². The van der Waals surface area contributed by atoms with E-state index in [1.54, 1.807) is 13.2 Å². The average Bonchev–Trinajstić information content (AvgIpc) is 2.82. The Labute approximate surface area is 120 Å². The monoisotopic (exact) mass is 289 g/mol. The summed E-state index contributed by atoms with van der Waals surface area (Å²) < 4.78 is 1.53. The van der Waals surface area contributed by atoms with E-state index < -0.39 is 11.9 Å². The number of rotatable bonds is 4. The van der Waals surface area contributed by atoms with Crippen LogP contribution in [0.3, 0.4) is 0 Å². The quantitative estimate of drug-likeness (QED) is 0.742. The SMILES string of the molecule is CCc1nn(C)cc1C(=O)Nc1cc(C(=O)O)ccc1O. The first-order valence-electron chi connectivity index (χ1n) is 6.32. The van der Waals surface area contributed by atoms with Gasteiger partial charge < -0.3 is 15.5 Å². The van der Waals surface area contributed by atoms with Crippen molar-refractivity contribution in [3.63, 3.8) is 0 Å². The number of phenols is 1. The van der Waals surface area contributed by atoms with Gasteiger partial charge in [0.1, 0.15) is 5.75 Å². The summed E-state index contributed by atoms with van der Waals surface area (Å²) in [6.07, 6.45) is 2.16. The standard InChI is InChI=1S/C14H15N3O4/c1-3-10-9(7-17(2)16-10)13(19)15-11-6-8(14(20)21)4-5-12(11)18/h4-7,18H,3H2,1-2H3,(H,15,19)(H,20,21). The maximum absolute atomic E-state index is 12.2. The molecular weight excluding hydrogens is 274 g/mol. The molecule has 1 aromatic carbocycles. The van der Waals surface area contributed by atoms with Crippen LogP contribution in [0.2, 0.25) is 0 Å². The first-order valence-corrected chi connectivity index (χ1v) is 6.32. The van der Waals surface area contributed by atoms with Gasteiger partial charge in [-0.2, -0.15) is 5.10 Å². The first kappa shape index (κ1) is 14.6. The molecule has 0 aliphatic rings. The van der Waals surface area contributed by atoms with Gasteiger partial charge in [-0.1, -0.05) is 6.92 Å². The molecular formula is C14H15N3O4. The number of aryl methyl sites for hydroxylation is 2. The normalized spacial score (nSPS) is 10.4. The minimum atomic E-state index is -1.14. The van der Waals surface area contributed by atoms with Crippen molar-refractivity contribution in [2.75, 3.05) is 5.32 Å². The van der Waals surface area contributed by atoms with Crippen molar-refractivity contribution >= 4 is 17.6 Å². The van der Waals surface area contributed by atoms with Crippen LogP contribution in [0.1, 0.15) is 33.3 Å². The van der Waals surface area contributed by atoms with Gasteiger partial charge in [0, 0.05) is 13.2 Å². The third kappa shape index (κ3) is 3.02. The van der Waals surface area contributed by atoms with Crippen LogP contribution in [0.5, 0.6) is 5.75 Å². The number of carbonyl (C=O) groups excluding carboxylic acids is 1. The summed E-state index contributed by atoms with van der Waals surface area (Å²) in [6, 6.07) is 3.69. The molecule has 1 amide bonds. The largest absolute Gasteiger partial charge is 0.506 e. The number of benzene rings is 1. The Hall–Kier alpha value is -2.83. The number of aromatic carboxylic acids is 1. The van der Waals surface area contributed by atoms with Crippen LogP contribution in [0.15, 0.2) is 24.4 Å². The highest BCUT2D eigenvalue weighted by molar-refractivity contribution is 6.06. The Kier molecular flexibility index (Phi) is 3.93. The first-order chi connectivity index (χ1) is 9.92. The van der Waals surface area contributed by atoms with Crippen molar-refractivity contribution in [2.24, 2.45) is 7.05 Å². The van der Waals surface area contributed by atoms with Crippen LogP contribution in [0.4, 0.5) is 5.69 Å². The van der Waals surface area contributed by atoms with E-state index in [9.17, 15) is 14.7 Å². The zero-order valence-corrected chi connectivity index (χ0v) is 11.6. The number of carboxylic acid groups (broad SMARTS) is 1. The maximum atomic E-state index is 12.2. The third-order valence-electron chi connectivity index (χ3n) is 2.98. The third-order valence-corrected chi connectivity index (χ3v) is 2.98. The van der Waals surface area contributed by atoms with Crippen LogP contribution in [0, 0.1) is 0 Å². The van der Waals surface area contributed by atoms with E-state index in [0.717, 1.165) is 0 Å². The molecule has 3 N–H and O–H groups in total. The molecule has 0 atom stereocenters. The molecule has 1 heterocycles. The fraction of sp³-hybridized carbons (Fsp3) is 0.214. The molecule has 0 saturated carbocycles. The van der Waals surface area contributed by atoms with E-state index in [1.807, 2.05) is 6.92 Å². The second-order valence-electron chi connectivity index (χ2n) is 4.51. The number of anilines is 1. The smallest absolute Gasteiger partial charge is 0.335 e. The number of amides is 1. The lowest BCUT2D eigenvalue weighted by molar-refractivity contribution is 0.0696. The molecule has 110 valence electrons. The average molecular weight is 289 g/mol. The van der Waals surface area contributed by atoms with Gasteiger partial charge in [-0.05, 0) is 24.6 Å². The van der Waals surface area contributed by atoms with E-state index in [0.29, 0.717) is 17.7 Å². The molecule has 0 unspecified atom stereocenters. The second kappa shape index (κ2) is 5.66. The lowest BCUT2D eigenvalue weighted by atomic mass is 10.1. The number of carbonyl (C=O) groups is 2. The van der Waals surface area contributed by atoms with Gasteiger partial charge >= 0.3 is 5.97 Å². The summed E-state index contributed by atoms with van der Waals surface area (Å²) in [5.74, 6) is -1.78. The van der Waals surface area contributed by atoms with E-state index in [-0.39, 0.29) is 17.0 Å². The highest BCUT2D eigenvalue weighted by Gasteiger charge is 2.16. The number of aromatic hydroxyl groups is 1. The Morgan fingerprint density at radius 3 is 2.71 bits per heavy atom. The molecule has 0 radical (unpaired) electrons. The molecule has 7 nitrogen and oxygen atoms in total. The molecule has 0 aliphatic heterocycles. The fourth-order valence-electron chi connectivity index (χ4n) is 1.94. The van der Waals surface area contributed by atoms with Crippen LogP contribution in [0.25, 0.3) is 0 Å². The van der Waals surface area contributed by atoms with Crippen LogP contribution in [-0.2, 0) is 13.5 Å². The second-order valence-corrected chi connectivity index (χ2v) is 4.51. The van der Waals surface area contributed by atoms with Gasteiger partial charge in [0.2, 0.25) is 0 Å². The van der Waals surface area contributed by atoms with Gasteiger partial charge in [-0.3, -0.25) is 9.48 Å². The van der Waals surface area contributed by atoms with Crippen LogP contribution >= 0.6 is 0 Å². The fourth-order valence-corrected chi connectivity index (χ4v) is 1.94. The summed E-state index contributed by atoms with van der Waals surface area (Å²) >= 11 is 0. The summed E-state index contributed by atoms with van der Waals surface area (Å²) in [5, 5.41) is 25.3. The van der Waals surface area contributed by atoms with Crippen LogP contribution in [-0.4, -0.2) is 31.9 Å². The van der Waals surface area contributed by atoms with Gasteiger partial charge in [-0.25, -0.2) is 4.79 Å². The number of aromatic nitrogens is 2. The lowest BCUT2D eigenvalue weighted by Crippen LogP contribution is -2.13. The summed E-state index contributed by atoms with van der Waals surface area (Å²) in [7, 11) is 1.71. The van der Waals surface area contributed by atoms with Crippen LogP contribution < -0.4 is 5.32 Å². The van der Waals surface area contributed by atoms with Gasteiger partial charge in [-0.15, -0.1) is 0 Å². The van der Waals surface area contributed by atoms with Gasteiger partial charge in [0.25, 0.3) is 5.91 Å². The zero-order valence-electron chi connectivity index (χ0n) is 11.6. The van der Waals surface area contributed by atoms with Crippen molar-refractivity contribution in [3.8, 4) is 5.75 Å². The summed E-state index contributed by atoms with van der Waals surface area (Å²) in [4.78, 5) is 23.1. The summed E-state index contributed by atoms with van der Waals surface area (Å²) in [5.41, 5.74) is 1.04. The number of phenolic OH excluding ortho intramolecular Hbond substituents is 1. The molecule has 0 spiro atoms. The van der Waals surface area contributed by atoms with Crippen molar-refractivity contribution < 1.29 is 19.8 Å². The Morgan fingerprint density at radius 1 is 1.38 bits per heavy atom. The Morgan fingerprint density at radius 2 is 2.10 bits per heavy atom. The minimum absolute atomic E-state index is 0.0231. The number of hydrogen-bond acceptors (Lipinski definition) is 4. The molecule has 1 aromatic heterocycles. The number of nitrogens with one attached hydrogen (secondary N) is 1. The molecule has 0 aliphatic carbocycles. The van der Waals surface area contributed by atoms with Crippen molar-refractivity contribution in [3.05, 3.63) is 41.2 Å². The topological polar surface area (TPSA) is 104 Å². The van der Waals surface area contributed by atoms with Crippen molar-refractivity contribution in [1.29, 1.82) is 0 Å². The molecule has 7 heteroatoms. The highest BCUT2D eigenvalue weighted by Crippen LogP contribution is 2.25. The van der Waals surface area contributed by atoms with Crippen molar-refractivity contribution in [1.82, 2.24) is 9.78 Å². The molecule has 0 bridgehead atoms. The number of hydrogen-bond donors (Lipinski definition) is 3. The predicted molar refractivity (Wildman–Crippen MR) is 75.6 cm³/mol. The maximum Gasteiger partial charge on any atom is 0.335 e. The van der Waals surface area contributed by atoms with Gasteiger partial charge in [0.05, 0.1) is 22.5 Å². The highest BCUT2D eigenvalue weighted by atomic mass is 16.4. The van der Waals surface area contributed by atoms with E-state index in [1.165, 1.54) is 22.9 Å². The number of carboxylic acids is 1. The molecule has 21 heavy (non-hydrogen) atoms. The number of nitrogens with zero attached hydrogens (tertiary/aromatic N) is 2. The predicted octanol–water partition coefficient (Wildman–Crippen LogP) is 1.64. The zero-order chi connectivity index (χ0) is 15.6. The van der Waals surface area contributed by atoms with E-state index >= 15 is 0 Å². The van der Waals surface area contributed by atoms with Crippen molar-refractivity contribution in [2.45, 2.75) is 13.3 Å². The van der Waals surface area contributed by atoms with E-state index in [4.69, 9.17) is 5.11 Å². The molecule has 0 saturated heterocycles. The Balaban J connectivity index is 2.31.